The molecule has 0 aliphatic heterocycles. The minimum Gasteiger partial charge on any atom is -0.452 e. The van der Waals surface area contributed by atoms with Crippen LogP contribution in [-0.4, -0.2) is 25.0 Å². The summed E-state index contributed by atoms with van der Waals surface area (Å²) in [5.41, 5.74) is 6.03. The van der Waals surface area contributed by atoms with Crippen LogP contribution in [0.2, 0.25) is 0 Å². The third-order valence-corrected chi connectivity index (χ3v) is 3.24. The van der Waals surface area contributed by atoms with Crippen LogP contribution in [-0.2, 0) is 9.53 Å². The molecular formula is C14H17FN2O3. The summed E-state index contributed by atoms with van der Waals surface area (Å²) in [6.07, 6.45) is 2.25. The summed E-state index contributed by atoms with van der Waals surface area (Å²) in [6.45, 7) is 1.76. The molecule has 1 amide bonds. The number of rotatable bonds is 5. The van der Waals surface area contributed by atoms with E-state index < -0.39 is 11.8 Å². The average Bonchev–Trinajstić information content (AvgIpc) is 3.23. The van der Waals surface area contributed by atoms with Crippen molar-refractivity contribution in [3.8, 4) is 0 Å². The van der Waals surface area contributed by atoms with E-state index in [4.69, 9.17) is 10.5 Å². The molecule has 1 saturated carbocycles. The van der Waals surface area contributed by atoms with Crippen molar-refractivity contribution in [2.24, 2.45) is 5.92 Å². The van der Waals surface area contributed by atoms with E-state index in [1.807, 2.05) is 0 Å². The van der Waals surface area contributed by atoms with Crippen molar-refractivity contribution in [3.63, 3.8) is 0 Å². The molecule has 1 aromatic rings. The lowest BCUT2D eigenvalue weighted by Gasteiger charge is -2.08. The first kappa shape index (κ1) is 14.3. The van der Waals surface area contributed by atoms with Crippen LogP contribution in [0.1, 0.15) is 28.8 Å². The molecule has 1 aromatic carbocycles. The van der Waals surface area contributed by atoms with E-state index in [0.29, 0.717) is 12.5 Å². The molecule has 20 heavy (non-hydrogen) atoms. The van der Waals surface area contributed by atoms with E-state index in [0.717, 1.165) is 18.9 Å². The molecule has 1 aliphatic rings. The summed E-state index contributed by atoms with van der Waals surface area (Å²) in [4.78, 5) is 23.1. The zero-order valence-electron chi connectivity index (χ0n) is 11.2. The largest absolute Gasteiger partial charge is 0.452 e. The minimum atomic E-state index is -0.767. The molecule has 1 fully saturated rings. The highest BCUT2D eigenvalue weighted by Gasteiger charge is 2.22. The van der Waals surface area contributed by atoms with Crippen LogP contribution in [0.4, 0.5) is 10.1 Å². The molecular weight excluding hydrogens is 263 g/mol. The smallest absolute Gasteiger partial charge is 0.338 e. The molecule has 0 atom stereocenters. The van der Waals surface area contributed by atoms with Crippen LogP contribution >= 0.6 is 0 Å². The van der Waals surface area contributed by atoms with Crippen LogP contribution in [0.25, 0.3) is 0 Å². The molecule has 1 aliphatic carbocycles. The molecule has 0 unspecified atom stereocenters. The molecule has 0 saturated heterocycles. The number of nitrogens with two attached hydrogens (primary N) is 1. The van der Waals surface area contributed by atoms with E-state index in [9.17, 15) is 14.0 Å². The summed E-state index contributed by atoms with van der Waals surface area (Å²) in [7, 11) is 0. The van der Waals surface area contributed by atoms with Gasteiger partial charge in [-0.2, -0.15) is 0 Å². The highest BCUT2D eigenvalue weighted by molar-refractivity contribution is 5.92. The second-order valence-electron chi connectivity index (χ2n) is 5.00. The van der Waals surface area contributed by atoms with Crippen molar-refractivity contribution < 1.29 is 18.7 Å². The second-order valence-corrected chi connectivity index (χ2v) is 5.00. The molecule has 0 aromatic heterocycles. The lowest BCUT2D eigenvalue weighted by atomic mass is 10.1. The topological polar surface area (TPSA) is 81.4 Å². The lowest BCUT2D eigenvalue weighted by molar-refractivity contribution is -0.124. The second kappa shape index (κ2) is 5.90. The van der Waals surface area contributed by atoms with E-state index >= 15 is 0 Å². The number of carbonyl (C=O) groups is 2. The third-order valence-electron chi connectivity index (χ3n) is 3.24. The maximum atomic E-state index is 13.4. The number of anilines is 1. The maximum absolute atomic E-state index is 13.4. The Morgan fingerprint density at radius 3 is 2.75 bits per heavy atom. The summed E-state index contributed by atoms with van der Waals surface area (Å²) >= 11 is 0. The fourth-order valence-corrected chi connectivity index (χ4v) is 1.66. The van der Waals surface area contributed by atoms with Gasteiger partial charge in [-0.1, -0.05) is 0 Å². The Labute approximate surface area is 116 Å². The standard InChI is InChI=1S/C14H17FN2O3/c1-8-11(15)4-10(5-12(8)16)14(19)20-7-13(18)17-6-9-2-3-9/h4-5,9H,2-3,6-7,16H2,1H3,(H,17,18). The molecule has 2 rings (SSSR count). The molecule has 5 nitrogen and oxygen atoms in total. The Morgan fingerprint density at radius 1 is 1.45 bits per heavy atom. The van der Waals surface area contributed by atoms with Crippen molar-refractivity contribution in [2.45, 2.75) is 19.8 Å². The molecule has 0 spiro atoms. The number of ether oxygens (including phenoxy) is 1. The van der Waals surface area contributed by atoms with Crippen molar-refractivity contribution >= 4 is 17.6 Å². The number of halogens is 1. The van der Waals surface area contributed by atoms with Gasteiger partial charge in [-0.25, -0.2) is 9.18 Å². The molecule has 0 radical (unpaired) electrons. The fourth-order valence-electron chi connectivity index (χ4n) is 1.66. The number of carbonyl (C=O) groups excluding carboxylic acids is 2. The maximum Gasteiger partial charge on any atom is 0.338 e. The van der Waals surface area contributed by atoms with Gasteiger partial charge in [0.25, 0.3) is 5.91 Å². The van der Waals surface area contributed by atoms with Gasteiger partial charge in [0.1, 0.15) is 5.82 Å². The monoisotopic (exact) mass is 280 g/mol. The van der Waals surface area contributed by atoms with Gasteiger partial charge in [0, 0.05) is 17.8 Å². The van der Waals surface area contributed by atoms with Crippen molar-refractivity contribution in [1.29, 1.82) is 0 Å². The fraction of sp³-hybridized carbons (Fsp3) is 0.429. The number of esters is 1. The van der Waals surface area contributed by atoms with E-state index in [-0.39, 0.29) is 29.3 Å². The summed E-state index contributed by atoms with van der Waals surface area (Å²) in [6, 6.07) is 2.39. The SMILES string of the molecule is Cc1c(N)cc(C(=O)OCC(=O)NCC2CC2)cc1F. The summed E-state index contributed by atoms with van der Waals surface area (Å²) < 4.78 is 18.3. The average molecular weight is 280 g/mol. The summed E-state index contributed by atoms with van der Waals surface area (Å²) in [5, 5.41) is 2.67. The normalized spacial score (nSPS) is 13.9. The zero-order valence-corrected chi connectivity index (χ0v) is 11.2. The van der Waals surface area contributed by atoms with E-state index in [1.54, 1.807) is 0 Å². The highest BCUT2D eigenvalue weighted by Crippen LogP contribution is 2.27. The van der Waals surface area contributed by atoms with Gasteiger partial charge in [0.15, 0.2) is 6.61 Å². The first-order valence-electron chi connectivity index (χ1n) is 6.47. The Kier molecular flexibility index (Phi) is 4.22. The van der Waals surface area contributed by atoms with Crippen LogP contribution in [0.3, 0.4) is 0 Å². The van der Waals surface area contributed by atoms with Crippen LogP contribution in [0.5, 0.6) is 0 Å². The van der Waals surface area contributed by atoms with Crippen LogP contribution in [0, 0.1) is 18.7 Å². The van der Waals surface area contributed by atoms with Gasteiger partial charge in [0.05, 0.1) is 5.56 Å². The van der Waals surface area contributed by atoms with Gasteiger partial charge in [0.2, 0.25) is 0 Å². The van der Waals surface area contributed by atoms with Gasteiger partial charge >= 0.3 is 5.97 Å². The predicted octanol–water partition coefficient (Wildman–Crippen LogP) is 1.40. The Bertz CT molecular complexity index is 518. The Hall–Kier alpha value is -2.11. The first-order chi connectivity index (χ1) is 9.47. The zero-order chi connectivity index (χ0) is 14.7. The Balaban J connectivity index is 1.86. The quantitative estimate of drug-likeness (QED) is 0.631. The lowest BCUT2D eigenvalue weighted by Crippen LogP contribution is -2.30. The molecule has 3 N–H and O–H groups in total. The highest BCUT2D eigenvalue weighted by atomic mass is 19.1. The molecule has 108 valence electrons. The van der Waals surface area contributed by atoms with Crippen molar-refractivity contribution in [3.05, 3.63) is 29.1 Å². The Morgan fingerprint density at radius 2 is 2.15 bits per heavy atom. The number of amides is 1. The van der Waals surface area contributed by atoms with Gasteiger partial charge in [-0.05, 0) is 37.8 Å². The van der Waals surface area contributed by atoms with Crippen LogP contribution < -0.4 is 11.1 Å². The number of hydrogen-bond donors (Lipinski definition) is 2. The first-order valence-corrected chi connectivity index (χ1v) is 6.47. The molecule has 0 heterocycles. The number of nitrogen functional groups attached to an aromatic ring is 1. The predicted molar refractivity (Wildman–Crippen MR) is 71.6 cm³/mol. The van der Waals surface area contributed by atoms with E-state index in [2.05, 4.69) is 5.32 Å². The van der Waals surface area contributed by atoms with E-state index in [1.165, 1.54) is 13.0 Å². The van der Waals surface area contributed by atoms with Crippen LogP contribution in [0.15, 0.2) is 12.1 Å². The number of benzene rings is 1. The summed E-state index contributed by atoms with van der Waals surface area (Å²) in [5.74, 6) is -1.14. The minimum absolute atomic E-state index is 0.000549. The van der Waals surface area contributed by atoms with Crippen molar-refractivity contribution in [1.82, 2.24) is 5.32 Å². The van der Waals surface area contributed by atoms with Crippen molar-refractivity contribution in [2.75, 3.05) is 18.9 Å². The number of nitrogens with one attached hydrogen (secondary N) is 1. The number of hydrogen-bond acceptors (Lipinski definition) is 4. The molecule has 0 bridgehead atoms. The van der Waals surface area contributed by atoms with Gasteiger partial charge in [-0.3, -0.25) is 4.79 Å². The van der Waals surface area contributed by atoms with Gasteiger partial charge < -0.3 is 15.8 Å². The molecule has 6 heteroatoms. The van der Waals surface area contributed by atoms with Gasteiger partial charge in [-0.15, -0.1) is 0 Å². The third kappa shape index (κ3) is 3.69.